The first-order valence-electron chi connectivity index (χ1n) is 6.79. The Kier molecular flexibility index (Phi) is 5.26. The Labute approximate surface area is 134 Å². The summed E-state index contributed by atoms with van der Waals surface area (Å²) in [5.41, 5.74) is 1.39. The van der Waals surface area contributed by atoms with Gasteiger partial charge >= 0.3 is 0 Å². The first-order chi connectivity index (χ1) is 10.0. The van der Waals surface area contributed by atoms with E-state index in [2.05, 4.69) is 23.7 Å². The number of carbonyl (C=O) groups excluding carboxylic acids is 1. The lowest BCUT2D eigenvalue weighted by atomic mass is 10.1. The molecule has 1 heterocycles. The molecule has 1 N–H and O–H groups in total. The molecule has 5 heteroatoms. The zero-order valence-corrected chi connectivity index (χ0v) is 14.0. The predicted molar refractivity (Wildman–Crippen MR) is 90.6 cm³/mol. The number of halogens is 1. The van der Waals surface area contributed by atoms with E-state index in [1.54, 1.807) is 35.4 Å². The highest BCUT2D eigenvalue weighted by molar-refractivity contribution is 7.09. The first kappa shape index (κ1) is 15.9. The van der Waals surface area contributed by atoms with Crippen molar-refractivity contribution in [3.63, 3.8) is 0 Å². The van der Waals surface area contributed by atoms with E-state index in [1.165, 1.54) is 4.88 Å². The van der Waals surface area contributed by atoms with E-state index in [1.807, 2.05) is 19.2 Å². The quantitative estimate of drug-likeness (QED) is 0.897. The van der Waals surface area contributed by atoms with E-state index in [0.29, 0.717) is 10.6 Å². The summed E-state index contributed by atoms with van der Waals surface area (Å²) in [5, 5.41) is 5.66. The molecule has 0 spiro atoms. The Hall–Kier alpha value is -1.52. The summed E-state index contributed by atoms with van der Waals surface area (Å²) in [4.78, 5) is 15.7. The number of nitrogens with one attached hydrogen (secondary N) is 1. The number of rotatable bonds is 5. The van der Waals surface area contributed by atoms with Crippen molar-refractivity contribution in [2.45, 2.75) is 19.4 Å². The molecular formula is C16H19ClN2OS. The Morgan fingerprint density at radius 1 is 1.43 bits per heavy atom. The van der Waals surface area contributed by atoms with Crippen LogP contribution in [0.25, 0.3) is 0 Å². The van der Waals surface area contributed by atoms with E-state index >= 15 is 0 Å². The fourth-order valence-electron chi connectivity index (χ4n) is 2.16. The Balaban J connectivity index is 2.16. The highest BCUT2D eigenvalue weighted by atomic mass is 35.5. The van der Waals surface area contributed by atoms with Gasteiger partial charge in [-0.25, -0.2) is 0 Å². The number of anilines is 1. The summed E-state index contributed by atoms with van der Waals surface area (Å²) in [5.74, 6) is -0.0223. The van der Waals surface area contributed by atoms with Gasteiger partial charge in [0.25, 0.3) is 5.91 Å². The average molecular weight is 323 g/mol. The van der Waals surface area contributed by atoms with Crippen LogP contribution in [0.1, 0.15) is 22.2 Å². The van der Waals surface area contributed by atoms with Gasteiger partial charge in [0.1, 0.15) is 0 Å². The van der Waals surface area contributed by atoms with Gasteiger partial charge in [-0.3, -0.25) is 4.79 Å². The third-order valence-corrected chi connectivity index (χ3v) is 4.67. The van der Waals surface area contributed by atoms with Gasteiger partial charge in [-0.2, -0.15) is 0 Å². The Morgan fingerprint density at radius 2 is 2.19 bits per heavy atom. The Bertz CT molecular complexity index is 613. The lowest BCUT2D eigenvalue weighted by Gasteiger charge is -2.25. The lowest BCUT2D eigenvalue weighted by molar-refractivity contribution is 0.0745. The second-order valence-electron chi connectivity index (χ2n) is 4.99. The monoisotopic (exact) mass is 322 g/mol. The van der Waals surface area contributed by atoms with Crippen molar-refractivity contribution in [2.24, 2.45) is 0 Å². The molecule has 2 aromatic rings. The van der Waals surface area contributed by atoms with Gasteiger partial charge in [-0.05, 0) is 36.6 Å². The molecule has 0 bridgehead atoms. The molecule has 1 atom stereocenters. The normalized spacial score (nSPS) is 12.0. The van der Waals surface area contributed by atoms with Crippen molar-refractivity contribution < 1.29 is 4.79 Å². The molecule has 1 aromatic carbocycles. The molecule has 1 aromatic heterocycles. The van der Waals surface area contributed by atoms with Crippen molar-refractivity contribution in [1.82, 2.24) is 4.90 Å². The molecule has 112 valence electrons. The summed E-state index contributed by atoms with van der Waals surface area (Å²) >= 11 is 7.74. The summed E-state index contributed by atoms with van der Waals surface area (Å²) in [6.07, 6.45) is 0.857. The standard InChI is InChI=1S/C16H19ClN2OS/c1-11(9-13-5-4-8-21-13)19(3)16(20)14-10-12(17)6-7-15(14)18-2/h4-8,10-11,18H,9H2,1-3H3. The molecule has 3 nitrogen and oxygen atoms in total. The second kappa shape index (κ2) is 6.96. The fourth-order valence-corrected chi connectivity index (χ4v) is 3.16. The van der Waals surface area contributed by atoms with Gasteiger partial charge in [-0.15, -0.1) is 11.3 Å². The van der Waals surface area contributed by atoms with Gasteiger partial charge in [0.2, 0.25) is 0 Å². The number of hydrogen-bond donors (Lipinski definition) is 1. The molecule has 1 unspecified atom stereocenters. The summed E-state index contributed by atoms with van der Waals surface area (Å²) in [7, 11) is 3.63. The van der Waals surface area contributed by atoms with Crippen LogP contribution in [0.5, 0.6) is 0 Å². The minimum absolute atomic E-state index is 0.0223. The Morgan fingerprint density at radius 3 is 2.81 bits per heavy atom. The molecule has 0 aliphatic carbocycles. The van der Waals surface area contributed by atoms with E-state index in [9.17, 15) is 4.79 Å². The van der Waals surface area contributed by atoms with Crippen LogP contribution in [0.15, 0.2) is 35.7 Å². The molecular weight excluding hydrogens is 304 g/mol. The zero-order valence-electron chi connectivity index (χ0n) is 12.4. The molecule has 21 heavy (non-hydrogen) atoms. The van der Waals surface area contributed by atoms with Crippen LogP contribution in [0.3, 0.4) is 0 Å². The fraction of sp³-hybridized carbons (Fsp3) is 0.312. The van der Waals surface area contributed by atoms with Gasteiger partial charge < -0.3 is 10.2 Å². The third kappa shape index (κ3) is 3.77. The van der Waals surface area contributed by atoms with Crippen LogP contribution in [-0.4, -0.2) is 30.9 Å². The van der Waals surface area contributed by atoms with E-state index < -0.39 is 0 Å². The highest BCUT2D eigenvalue weighted by Gasteiger charge is 2.20. The number of amides is 1. The first-order valence-corrected chi connectivity index (χ1v) is 8.05. The van der Waals surface area contributed by atoms with Gasteiger partial charge in [0.05, 0.1) is 5.56 Å². The summed E-state index contributed by atoms with van der Waals surface area (Å²) in [6, 6.07) is 9.57. The van der Waals surface area contributed by atoms with Crippen molar-refractivity contribution in [3.05, 3.63) is 51.2 Å². The minimum atomic E-state index is -0.0223. The maximum Gasteiger partial charge on any atom is 0.255 e. The van der Waals surface area contributed by atoms with Crippen molar-refractivity contribution in [2.75, 3.05) is 19.4 Å². The maximum absolute atomic E-state index is 12.7. The molecule has 0 aliphatic heterocycles. The molecule has 0 radical (unpaired) electrons. The van der Waals surface area contributed by atoms with Crippen LogP contribution in [-0.2, 0) is 6.42 Å². The second-order valence-corrected chi connectivity index (χ2v) is 6.46. The molecule has 2 rings (SSSR count). The average Bonchev–Trinajstić information content (AvgIpc) is 2.98. The van der Waals surface area contributed by atoms with Gasteiger partial charge in [-0.1, -0.05) is 17.7 Å². The van der Waals surface area contributed by atoms with E-state index in [0.717, 1.165) is 12.1 Å². The highest BCUT2D eigenvalue weighted by Crippen LogP contribution is 2.23. The van der Waals surface area contributed by atoms with Crippen LogP contribution < -0.4 is 5.32 Å². The topological polar surface area (TPSA) is 32.3 Å². The maximum atomic E-state index is 12.7. The number of benzene rings is 1. The van der Waals surface area contributed by atoms with Gasteiger partial charge in [0, 0.05) is 42.1 Å². The number of likely N-dealkylation sites (N-methyl/N-ethyl adjacent to an activating group) is 1. The zero-order chi connectivity index (χ0) is 15.4. The molecule has 0 fully saturated rings. The van der Waals surface area contributed by atoms with Crippen molar-refractivity contribution >= 4 is 34.5 Å². The number of nitrogens with zero attached hydrogens (tertiary/aromatic N) is 1. The van der Waals surface area contributed by atoms with Crippen LogP contribution in [0.4, 0.5) is 5.69 Å². The van der Waals surface area contributed by atoms with E-state index in [4.69, 9.17) is 11.6 Å². The van der Waals surface area contributed by atoms with E-state index in [-0.39, 0.29) is 11.9 Å². The smallest absolute Gasteiger partial charge is 0.255 e. The molecule has 1 amide bonds. The SMILES string of the molecule is CNc1ccc(Cl)cc1C(=O)N(C)C(C)Cc1cccs1. The summed E-state index contributed by atoms with van der Waals surface area (Å²) in [6.45, 7) is 2.06. The van der Waals surface area contributed by atoms with Crippen LogP contribution in [0, 0.1) is 0 Å². The van der Waals surface area contributed by atoms with Gasteiger partial charge in [0.15, 0.2) is 0 Å². The van der Waals surface area contributed by atoms with Crippen molar-refractivity contribution in [1.29, 1.82) is 0 Å². The number of thiophene rings is 1. The lowest BCUT2D eigenvalue weighted by Crippen LogP contribution is -2.36. The largest absolute Gasteiger partial charge is 0.387 e. The summed E-state index contributed by atoms with van der Waals surface area (Å²) < 4.78 is 0. The third-order valence-electron chi connectivity index (χ3n) is 3.54. The number of carbonyl (C=O) groups is 1. The minimum Gasteiger partial charge on any atom is -0.387 e. The molecule has 0 saturated carbocycles. The van der Waals surface area contributed by atoms with Crippen LogP contribution in [0.2, 0.25) is 5.02 Å². The van der Waals surface area contributed by atoms with Crippen molar-refractivity contribution in [3.8, 4) is 0 Å². The number of hydrogen-bond acceptors (Lipinski definition) is 3. The predicted octanol–water partition coefficient (Wildman–Crippen LogP) is 4.15. The molecule has 0 aliphatic rings. The molecule has 0 saturated heterocycles. The van der Waals surface area contributed by atoms with Crippen LogP contribution >= 0.6 is 22.9 Å².